The first-order valence-corrected chi connectivity index (χ1v) is 10.0. The van der Waals surface area contributed by atoms with E-state index < -0.39 is 5.97 Å². The van der Waals surface area contributed by atoms with Gasteiger partial charge in [0.15, 0.2) is 5.88 Å². The molecule has 0 aliphatic carbocycles. The van der Waals surface area contributed by atoms with Gasteiger partial charge in [0.05, 0.1) is 36.4 Å². The Labute approximate surface area is 179 Å². The first kappa shape index (κ1) is 20.8. The number of nitrogens with two attached hydrogens (primary N) is 1. The molecule has 0 amide bonds. The van der Waals surface area contributed by atoms with Gasteiger partial charge in [-0.2, -0.15) is 0 Å². The van der Waals surface area contributed by atoms with Crippen LogP contribution in [0.5, 0.6) is 5.88 Å². The van der Waals surface area contributed by atoms with E-state index in [9.17, 15) is 9.90 Å². The number of esters is 1. The van der Waals surface area contributed by atoms with Gasteiger partial charge in [0.25, 0.3) is 0 Å². The van der Waals surface area contributed by atoms with Crippen LogP contribution in [0.2, 0.25) is 0 Å². The van der Waals surface area contributed by atoms with Crippen molar-refractivity contribution in [2.75, 3.05) is 13.7 Å². The highest BCUT2D eigenvalue weighted by Gasteiger charge is 2.21. The zero-order valence-electron chi connectivity index (χ0n) is 17.9. The Balaban J connectivity index is 1.95. The molecule has 0 aliphatic rings. The molecule has 0 aliphatic heterocycles. The first-order valence-electron chi connectivity index (χ1n) is 10.0. The molecule has 0 saturated carbocycles. The maximum absolute atomic E-state index is 12.3. The van der Waals surface area contributed by atoms with E-state index in [0.29, 0.717) is 34.1 Å². The number of hydrogen-bond donors (Lipinski definition) is 2. The van der Waals surface area contributed by atoms with Crippen LogP contribution in [0.25, 0.3) is 28.1 Å². The van der Waals surface area contributed by atoms with Crippen molar-refractivity contribution in [3.63, 3.8) is 0 Å². The molecule has 0 radical (unpaired) electrons. The van der Waals surface area contributed by atoms with Gasteiger partial charge in [-0.25, -0.2) is 14.8 Å². The van der Waals surface area contributed by atoms with E-state index in [0.717, 1.165) is 16.8 Å². The van der Waals surface area contributed by atoms with Crippen LogP contribution in [0.3, 0.4) is 0 Å². The van der Waals surface area contributed by atoms with E-state index >= 15 is 0 Å². The van der Waals surface area contributed by atoms with Crippen LogP contribution in [0.4, 0.5) is 0 Å². The topological polar surface area (TPSA) is 117 Å². The second kappa shape index (κ2) is 8.01. The van der Waals surface area contributed by atoms with E-state index in [2.05, 4.69) is 4.98 Å². The van der Waals surface area contributed by atoms with Crippen LogP contribution >= 0.6 is 0 Å². The third-order valence-corrected chi connectivity index (χ3v) is 5.25. The lowest BCUT2D eigenvalue weighted by atomic mass is 10.2. The molecule has 4 aromatic rings. The standard InChI is InChI=1S/C22H25N5O4/c1-5-31-22(29)15-9-18-25-20(13(3)27(18)19(10-15)30-4)17-8-14-6-7-16(12(2)23)24-21(14)26(17)11-28/h6-10,12,28H,5,11,23H2,1-4H3. The summed E-state index contributed by atoms with van der Waals surface area (Å²) in [4.78, 5) is 21.6. The zero-order valence-corrected chi connectivity index (χ0v) is 17.9. The van der Waals surface area contributed by atoms with Gasteiger partial charge in [-0.05, 0) is 45.0 Å². The molecule has 0 spiro atoms. The summed E-state index contributed by atoms with van der Waals surface area (Å²) in [6.45, 7) is 5.53. The van der Waals surface area contributed by atoms with Crippen molar-refractivity contribution in [1.29, 1.82) is 0 Å². The number of carbonyl (C=O) groups excluding carboxylic acids is 1. The molecule has 4 aromatic heterocycles. The van der Waals surface area contributed by atoms with Crippen LogP contribution in [-0.2, 0) is 11.5 Å². The fraction of sp³-hybridized carbons (Fsp3) is 0.318. The van der Waals surface area contributed by atoms with Crippen LogP contribution in [0.1, 0.15) is 41.6 Å². The number of aryl methyl sites for hydroxylation is 1. The molecule has 0 bridgehead atoms. The fourth-order valence-corrected chi connectivity index (χ4v) is 3.74. The van der Waals surface area contributed by atoms with Gasteiger partial charge in [-0.1, -0.05) is 0 Å². The van der Waals surface area contributed by atoms with Gasteiger partial charge in [-0.15, -0.1) is 0 Å². The number of aliphatic hydroxyl groups is 1. The summed E-state index contributed by atoms with van der Waals surface area (Å²) in [6.07, 6.45) is 0. The normalized spacial score (nSPS) is 12.5. The molecule has 162 valence electrons. The number of methoxy groups -OCH3 is 1. The number of nitrogens with zero attached hydrogens (tertiary/aromatic N) is 4. The average Bonchev–Trinajstić information content (AvgIpc) is 3.29. The van der Waals surface area contributed by atoms with Crippen molar-refractivity contribution in [1.82, 2.24) is 18.9 Å². The summed E-state index contributed by atoms with van der Waals surface area (Å²) in [7, 11) is 1.53. The van der Waals surface area contributed by atoms with E-state index in [-0.39, 0.29) is 19.4 Å². The van der Waals surface area contributed by atoms with Crippen LogP contribution in [0.15, 0.2) is 30.3 Å². The number of imidazole rings is 1. The van der Waals surface area contributed by atoms with E-state index in [1.807, 2.05) is 36.4 Å². The van der Waals surface area contributed by atoms with Crippen LogP contribution in [-0.4, -0.2) is 43.7 Å². The Kier molecular flexibility index (Phi) is 5.38. The van der Waals surface area contributed by atoms with Crippen molar-refractivity contribution >= 4 is 22.6 Å². The predicted molar refractivity (Wildman–Crippen MR) is 116 cm³/mol. The molecule has 1 atom stereocenters. The molecular formula is C22H25N5O4. The Morgan fingerprint density at radius 3 is 2.68 bits per heavy atom. The second-order valence-corrected chi connectivity index (χ2v) is 7.28. The number of aliphatic hydroxyl groups excluding tert-OH is 1. The van der Waals surface area contributed by atoms with Gasteiger partial charge >= 0.3 is 5.97 Å². The highest BCUT2D eigenvalue weighted by atomic mass is 16.5. The van der Waals surface area contributed by atoms with E-state index in [1.54, 1.807) is 23.6 Å². The molecule has 0 saturated heterocycles. The SMILES string of the molecule is CCOC(=O)c1cc(OC)n2c(C)c(-c3cc4ccc(C(C)N)nc4n3CO)nc2c1. The molecule has 1 unspecified atom stereocenters. The first-order chi connectivity index (χ1) is 14.9. The quantitative estimate of drug-likeness (QED) is 0.458. The number of carbonyl (C=O) groups is 1. The third kappa shape index (κ3) is 3.41. The Hall–Kier alpha value is -3.43. The van der Waals surface area contributed by atoms with Crippen molar-refractivity contribution in [2.45, 2.75) is 33.5 Å². The molecule has 9 nitrogen and oxygen atoms in total. The summed E-state index contributed by atoms with van der Waals surface area (Å²) >= 11 is 0. The van der Waals surface area contributed by atoms with Gasteiger partial charge in [-0.3, -0.25) is 8.97 Å². The van der Waals surface area contributed by atoms with Crippen molar-refractivity contribution in [2.24, 2.45) is 5.73 Å². The maximum Gasteiger partial charge on any atom is 0.338 e. The number of rotatable bonds is 6. The second-order valence-electron chi connectivity index (χ2n) is 7.28. The molecule has 0 fully saturated rings. The highest BCUT2D eigenvalue weighted by Crippen LogP contribution is 2.32. The number of aromatic nitrogens is 4. The largest absolute Gasteiger partial charge is 0.482 e. The molecular weight excluding hydrogens is 398 g/mol. The lowest BCUT2D eigenvalue weighted by Gasteiger charge is -2.09. The minimum atomic E-state index is -0.442. The van der Waals surface area contributed by atoms with Gasteiger partial charge in [0.2, 0.25) is 0 Å². The Morgan fingerprint density at radius 2 is 2.03 bits per heavy atom. The van der Waals surface area contributed by atoms with E-state index in [1.165, 1.54) is 7.11 Å². The monoisotopic (exact) mass is 423 g/mol. The number of pyridine rings is 2. The summed E-state index contributed by atoms with van der Waals surface area (Å²) < 4.78 is 14.1. The lowest BCUT2D eigenvalue weighted by molar-refractivity contribution is 0.0526. The van der Waals surface area contributed by atoms with Crippen LogP contribution in [0, 0.1) is 6.92 Å². The van der Waals surface area contributed by atoms with Crippen molar-refractivity contribution in [3.05, 3.63) is 47.3 Å². The van der Waals surface area contributed by atoms with Crippen LogP contribution < -0.4 is 10.5 Å². The maximum atomic E-state index is 12.3. The minimum absolute atomic E-state index is 0.225. The summed E-state index contributed by atoms with van der Waals surface area (Å²) in [5.74, 6) is 0.0171. The number of ether oxygens (including phenoxy) is 2. The number of hydrogen-bond acceptors (Lipinski definition) is 7. The van der Waals surface area contributed by atoms with Gasteiger partial charge in [0, 0.05) is 17.5 Å². The van der Waals surface area contributed by atoms with Crippen molar-refractivity contribution in [3.8, 4) is 17.3 Å². The average molecular weight is 423 g/mol. The number of fused-ring (bicyclic) bond motifs is 2. The minimum Gasteiger partial charge on any atom is -0.482 e. The zero-order chi connectivity index (χ0) is 22.3. The molecule has 4 rings (SSSR count). The molecule has 4 heterocycles. The summed E-state index contributed by atoms with van der Waals surface area (Å²) in [5.41, 5.74) is 10.4. The summed E-state index contributed by atoms with van der Waals surface area (Å²) in [5, 5.41) is 11.0. The van der Waals surface area contributed by atoms with Gasteiger partial charge in [0.1, 0.15) is 23.7 Å². The molecule has 31 heavy (non-hydrogen) atoms. The predicted octanol–water partition coefficient (Wildman–Crippen LogP) is 2.81. The van der Waals surface area contributed by atoms with Crippen molar-refractivity contribution < 1.29 is 19.4 Å². The van der Waals surface area contributed by atoms with E-state index in [4.69, 9.17) is 20.2 Å². The Morgan fingerprint density at radius 1 is 1.26 bits per heavy atom. The summed E-state index contributed by atoms with van der Waals surface area (Å²) in [6, 6.07) is 8.80. The smallest absolute Gasteiger partial charge is 0.338 e. The molecule has 3 N–H and O–H groups in total. The Bertz CT molecular complexity index is 1290. The third-order valence-electron chi connectivity index (χ3n) is 5.25. The highest BCUT2D eigenvalue weighted by molar-refractivity contribution is 5.91. The molecule has 9 heteroatoms. The van der Waals surface area contributed by atoms with Gasteiger partial charge < -0.3 is 20.3 Å². The molecule has 0 aromatic carbocycles. The lowest BCUT2D eigenvalue weighted by Crippen LogP contribution is -2.08. The fourth-order valence-electron chi connectivity index (χ4n) is 3.74.